The molecular formula is C20H20N2O5S. The molecule has 0 unspecified atom stereocenters. The van der Waals surface area contributed by atoms with Crippen molar-refractivity contribution in [1.29, 1.82) is 0 Å². The fourth-order valence-corrected chi connectivity index (χ4v) is 5.04. The number of hydrogen-bond donors (Lipinski definition) is 0. The lowest BCUT2D eigenvalue weighted by molar-refractivity contribution is -0.143. The van der Waals surface area contributed by atoms with Crippen LogP contribution in [0.2, 0.25) is 0 Å². The highest BCUT2D eigenvalue weighted by atomic mass is 32.2. The second kappa shape index (κ2) is 7.03. The van der Waals surface area contributed by atoms with Crippen LogP contribution in [0.3, 0.4) is 0 Å². The first-order chi connectivity index (χ1) is 13.4. The van der Waals surface area contributed by atoms with E-state index in [4.69, 9.17) is 4.74 Å². The molecule has 8 heteroatoms. The molecule has 0 bridgehead atoms. The summed E-state index contributed by atoms with van der Waals surface area (Å²) in [6.45, 7) is 0.306. The first-order valence-corrected chi connectivity index (χ1v) is 10.4. The third-order valence-corrected chi connectivity index (χ3v) is 7.05. The van der Waals surface area contributed by atoms with Crippen LogP contribution in [-0.4, -0.2) is 55.7 Å². The Morgan fingerprint density at radius 2 is 1.36 bits per heavy atom. The molecule has 2 aliphatic rings. The third-order valence-electron chi connectivity index (χ3n) is 5.20. The van der Waals surface area contributed by atoms with Crippen LogP contribution in [0.15, 0.2) is 53.4 Å². The van der Waals surface area contributed by atoms with Crippen molar-refractivity contribution in [2.45, 2.75) is 23.8 Å². The normalized spacial score (nSPS) is 18.4. The molecule has 0 N–H and O–H groups in total. The van der Waals surface area contributed by atoms with Gasteiger partial charge in [0.05, 0.1) is 18.0 Å². The maximum absolute atomic E-state index is 12.8. The van der Waals surface area contributed by atoms with Crippen molar-refractivity contribution in [3.63, 3.8) is 0 Å². The molecule has 0 aliphatic carbocycles. The predicted octanol–water partition coefficient (Wildman–Crippen LogP) is 1.88. The molecule has 2 fully saturated rings. The summed E-state index contributed by atoms with van der Waals surface area (Å²) in [5.74, 6) is 0.331. The number of sulfonamides is 1. The highest BCUT2D eigenvalue weighted by molar-refractivity contribution is 7.89. The Bertz CT molecular complexity index is 994. The molecule has 2 aliphatic heterocycles. The van der Waals surface area contributed by atoms with E-state index < -0.39 is 10.0 Å². The Morgan fingerprint density at radius 3 is 1.86 bits per heavy atom. The van der Waals surface area contributed by atoms with E-state index in [-0.39, 0.29) is 48.7 Å². The molecule has 2 saturated heterocycles. The lowest BCUT2D eigenvalue weighted by atomic mass is 10.1. The number of benzene rings is 2. The van der Waals surface area contributed by atoms with Gasteiger partial charge in [-0.3, -0.25) is 14.5 Å². The van der Waals surface area contributed by atoms with Crippen LogP contribution in [0.25, 0.3) is 11.1 Å². The van der Waals surface area contributed by atoms with Gasteiger partial charge in [-0.15, -0.1) is 0 Å². The minimum absolute atomic E-state index is 0.153. The first kappa shape index (κ1) is 18.6. The molecule has 0 atom stereocenters. The Hall–Kier alpha value is -2.71. The van der Waals surface area contributed by atoms with E-state index in [9.17, 15) is 18.0 Å². The zero-order chi connectivity index (χ0) is 19.9. The summed E-state index contributed by atoms with van der Waals surface area (Å²) >= 11 is 0. The highest BCUT2D eigenvalue weighted by Crippen LogP contribution is 2.29. The highest BCUT2D eigenvalue weighted by Gasteiger charge is 2.45. The average molecular weight is 400 g/mol. The fourth-order valence-electron chi connectivity index (χ4n) is 3.53. The number of ether oxygens (including phenoxy) is 1. The van der Waals surface area contributed by atoms with Crippen molar-refractivity contribution in [2.24, 2.45) is 0 Å². The van der Waals surface area contributed by atoms with Gasteiger partial charge in [-0.1, -0.05) is 24.3 Å². The van der Waals surface area contributed by atoms with E-state index in [1.54, 1.807) is 31.4 Å². The number of carbonyl (C=O) groups excluding carboxylic acids is 2. The molecule has 2 aromatic rings. The summed E-state index contributed by atoms with van der Waals surface area (Å²) in [4.78, 5) is 25.0. The number of imide groups is 1. The summed E-state index contributed by atoms with van der Waals surface area (Å²) < 4.78 is 32.0. The quantitative estimate of drug-likeness (QED) is 0.716. The summed E-state index contributed by atoms with van der Waals surface area (Å²) in [5, 5.41) is 0. The van der Waals surface area contributed by atoms with Gasteiger partial charge in [-0.2, -0.15) is 4.31 Å². The number of rotatable bonds is 5. The van der Waals surface area contributed by atoms with Crippen molar-refractivity contribution in [2.75, 3.05) is 20.2 Å². The smallest absolute Gasteiger partial charge is 0.243 e. The minimum atomic E-state index is -3.65. The molecule has 7 nitrogen and oxygen atoms in total. The van der Waals surface area contributed by atoms with E-state index in [0.29, 0.717) is 0 Å². The molecule has 2 aromatic carbocycles. The topological polar surface area (TPSA) is 84.0 Å². The molecule has 2 amide bonds. The van der Waals surface area contributed by atoms with Gasteiger partial charge in [0.15, 0.2) is 0 Å². The molecule has 2 heterocycles. The number of methoxy groups -OCH3 is 1. The zero-order valence-electron chi connectivity index (χ0n) is 15.4. The van der Waals surface area contributed by atoms with E-state index >= 15 is 0 Å². The molecular weight excluding hydrogens is 380 g/mol. The standard InChI is InChI=1S/C20H20N2O5S/c1-27-17-6-2-14(3-7-17)15-4-8-18(9-5-15)28(25,26)21-12-16(13-21)22-19(23)10-11-20(22)24/h2-9,16H,10-13H2,1H3. The zero-order valence-corrected chi connectivity index (χ0v) is 16.2. The molecule has 0 radical (unpaired) electrons. The maximum atomic E-state index is 12.8. The minimum Gasteiger partial charge on any atom is -0.497 e. The largest absolute Gasteiger partial charge is 0.497 e. The second-order valence-electron chi connectivity index (χ2n) is 6.89. The third kappa shape index (κ3) is 3.18. The Morgan fingerprint density at radius 1 is 0.857 bits per heavy atom. The number of hydrogen-bond acceptors (Lipinski definition) is 5. The lowest BCUT2D eigenvalue weighted by Gasteiger charge is -2.41. The molecule has 4 rings (SSSR count). The van der Waals surface area contributed by atoms with Gasteiger partial charge in [0.25, 0.3) is 0 Å². The van der Waals surface area contributed by atoms with Gasteiger partial charge >= 0.3 is 0 Å². The van der Waals surface area contributed by atoms with Crippen LogP contribution < -0.4 is 4.74 Å². The average Bonchev–Trinajstić information content (AvgIpc) is 2.99. The van der Waals surface area contributed by atoms with E-state index in [0.717, 1.165) is 16.9 Å². The van der Waals surface area contributed by atoms with Crippen LogP contribution in [-0.2, 0) is 19.6 Å². The molecule has 0 aromatic heterocycles. The van der Waals surface area contributed by atoms with Crippen LogP contribution in [0.1, 0.15) is 12.8 Å². The van der Waals surface area contributed by atoms with Crippen LogP contribution >= 0.6 is 0 Å². The van der Waals surface area contributed by atoms with Gasteiger partial charge in [0.1, 0.15) is 5.75 Å². The molecule has 0 spiro atoms. The van der Waals surface area contributed by atoms with Crippen LogP contribution in [0.4, 0.5) is 0 Å². The van der Waals surface area contributed by atoms with E-state index in [2.05, 4.69) is 0 Å². The summed E-state index contributed by atoms with van der Waals surface area (Å²) in [6.07, 6.45) is 0.434. The number of amides is 2. The molecule has 0 saturated carbocycles. The Kier molecular flexibility index (Phi) is 4.68. The molecule has 146 valence electrons. The summed E-state index contributed by atoms with van der Waals surface area (Å²) in [5.41, 5.74) is 1.86. The van der Waals surface area contributed by atoms with Gasteiger partial charge in [-0.05, 0) is 35.4 Å². The van der Waals surface area contributed by atoms with Crippen molar-refractivity contribution in [3.8, 4) is 16.9 Å². The monoisotopic (exact) mass is 400 g/mol. The lowest BCUT2D eigenvalue weighted by Crippen LogP contribution is -2.62. The SMILES string of the molecule is COc1ccc(-c2ccc(S(=O)(=O)N3CC(N4C(=O)CCC4=O)C3)cc2)cc1. The summed E-state index contributed by atoms with van der Waals surface area (Å²) in [7, 11) is -2.04. The number of carbonyl (C=O) groups is 2. The second-order valence-corrected chi connectivity index (χ2v) is 8.82. The maximum Gasteiger partial charge on any atom is 0.243 e. The Balaban J connectivity index is 1.46. The van der Waals surface area contributed by atoms with Crippen LogP contribution in [0.5, 0.6) is 5.75 Å². The van der Waals surface area contributed by atoms with Crippen molar-refractivity contribution >= 4 is 21.8 Å². The van der Waals surface area contributed by atoms with E-state index in [1.807, 2.05) is 24.3 Å². The Labute approximate surface area is 163 Å². The number of nitrogens with zero attached hydrogens (tertiary/aromatic N) is 2. The van der Waals surface area contributed by atoms with Gasteiger partial charge in [-0.25, -0.2) is 8.42 Å². The molecule has 28 heavy (non-hydrogen) atoms. The van der Waals surface area contributed by atoms with Crippen molar-refractivity contribution < 1.29 is 22.7 Å². The first-order valence-electron chi connectivity index (χ1n) is 8.99. The summed E-state index contributed by atoms with van der Waals surface area (Å²) in [6, 6.07) is 13.8. The van der Waals surface area contributed by atoms with Gasteiger partial charge in [0.2, 0.25) is 21.8 Å². The fraction of sp³-hybridized carbons (Fsp3) is 0.300. The van der Waals surface area contributed by atoms with Gasteiger partial charge < -0.3 is 4.74 Å². The van der Waals surface area contributed by atoms with E-state index in [1.165, 1.54) is 9.21 Å². The predicted molar refractivity (Wildman–Crippen MR) is 102 cm³/mol. The van der Waals surface area contributed by atoms with Crippen molar-refractivity contribution in [3.05, 3.63) is 48.5 Å². The van der Waals surface area contributed by atoms with Gasteiger partial charge in [0, 0.05) is 25.9 Å². The van der Waals surface area contributed by atoms with Crippen LogP contribution in [0, 0.1) is 0 Å². The number of likely N-dealkylation sites (tertiary alicyclic amines) is 1. The van der Waals surface area contributed by atoms with Crippen molar-refractivity contribution in [1.82, 2.24) is 9.21 Å².